The molecule has 16 rings (SSSR count). The van der Waals surface area contributed by atoms with Gasteiger partial charge >= 0.3 is 0 Å². The summed E-state index contributed by atoms with van der Waals surface area (Å²) < 4.78 is 0. The third-order valence-electron chi connectivity index (χ3n) is 16.8. The van der Waals surface area contributed by atoms with E-state index in [4.69, 9.17) is 19.9 Å². The number of fused-ring (bicyclic) bond motifs is 2. The molecule has 16 aromatic rings. The zero-order chi connectivity index (χ0) is 61.4. The van der Waals surface area contributed by atoms with Gasteiger partial charge in [-0.25, -0.2) is 19.9 Å². The van der Waals surface area contributed by atoms with Gasteiger partial charge in [-0.2, -0.15) is 0 Å². The Hall–Kier alpha value is -12.4. The van der Waals surface area contributed by atoms with Crippen molar-refractivity contribution < 1.29 is 0 Å². The molecule has 0 aliphatic heterocycles. The van der Waals surface area contributed by atoms with Gasteiger partial charge in [0.05, 0.1) is 22.8 Å². The van der Waals surface area contributed by atoms with Crippen LogP contribution in [0.25, 0.3) is 156 Å². The van der Waals surface area contributed by atoms with Crippen LogP contribution in [-0.4, -0.2) is 29.9 Å². The van der Waals surface area contributed by atoms with Gasteiger partial charge in [-0.1, -0.05) is 291 Å². The van der Waals surface area contributed by atoms with Crippen molar-refractivity contribution in [2.45, 2.75) is 0 Å². The summed E-state index contributed by atoms with van der Waals surface area (Å²) in [5.41, 5.74) is 23.4. The molecule has 0 saturated heterocycles. The van der Waals surface area contributed by atoms with Crippen LogP contribution in [0.15, 0.2) is 352 Å². The van der Waals surface area contributed by atoms with E-state index in [1.807, 2.05) is 36.7 Å². The highest BCUT2D eigenvalue weighted by Crippen LogP contribution is 2.36. The first-order valence-electron chi connectivity index (χ1n) is 30.9. The van der Waals surface area contributed by atoms with Crippen LogP contribution in [0.1, 0.15) is 0 Å². The van der Waals surface area contributed by atoms with E-state index < -0.39 is 0 Å². The minimum absolute atomic E-state index is 0.691. The summed E-state index contributed by atoms with van der Waals surface area (Å²) in [6.45, 7) is 0. The Morgan fingerprint density at radius 1 is 0.174 bits per heavy atom. The molecule has 4 aromatic heterocycles. The van der Waals surface area contributed by atoms with Gasteiger partial charge in [0.25, 0.3) is 0 Å². The molecule has 0 amide bonds. The van der Waals surface area contributed by atoms with E-state index >= 15 is 0 Å². The summed E-state index contributed by atoms with van der Waals surface area (Å²) in [6.07, 6.45) is 7.37. The van der Waals surface area contributed by atoms with Gasteiger partial charge in [-0.05, 0) is 119 Å². The molecule has 0 atom stereocenters. The second-order valence-electron chi connectivity index (χ2n) is 22.7. The predicted octanol–water partition coefficient (Wildman–Crippen LogP) is 22.1. The lowest BCUT2D eigenvalue weighted by atomic mass is 9.97. The predicted molar refractivity (Wildman–Crippen MR) is 380 cm³/mol. The van der Waals surface area contributed by atoms with E-state index in [1.54, 1.807) is 12.4 Å². The van der Waals surface area contributed by atoms with Crippen LogP contribution >= 0.6 is 0 Å². The molecule has 0 radical (unpaired) electrons. The van der Waals surface area contributed by atoms with E-state index in [-0.39, 0.29) is 0 Å². The van der Waals surface area contributed by atoms with Crippen molar-refractivity contribution in [1.82, 2.24) is 29.9 Å². The van der Waals surface area contributed by atoms with Crippen LogP contribution in [0.3, 0.4) is 0 Å². The van der Waals surface area contributed by atoms with E-state index in [2.05, 4.69) is 313 Å². The van der Waals surface area contributed by atoms with Crippen molar-refractivity contribution in [3.63, 3.8) is 0 Å². The largest absolute Gasteiger partial charge is 0.264 e. The first-order chi connectivity index (χ1) is 45.5. The molecule has 0 aliphatic carbocycles. The molecule has 6 heteroatoms. The smallest absolute Gasteiger partial charge is 0.160 e. The molecule has 4 heterocycles. The molecule has 6 nitrogen and oxygen atoms in total. The molecular formula is C86H58N6. The van der Waals surface area contributed by atoms with Crippen molar-refractivity contribution in [2.24, 2.45) is 0 Å². The average Bonchev–Trinajstić information content (AvgIpc) is 1.12. The minimum atomic E-state index is 0.691. The quantitative estimate of drug-likeness (QED) is 0.121. The zero-order valence-electron chi connectivity index (χ0n) is 50.2. The highest BCUT2D eigenvalue weighted by Gasteiger charge is 2.16. The van der Waals surface area contributed by atoms with Gasteiger partial charge in [0.1, 0.15) is 0 Å². The third kappa shape index (κ3) is 12.3. The lowest BCUT2D eigenvalue weighted by Gasteiger charge is -2.12. The van der Waals surface area contributed by atoms with Gasteiger partial charge in [-0.3, -0.25) is 9.97 Å². The van der Waals surface area contributed by atoms with Gasteiger partial charge in [0.2, 0.25) is 0 Å². The highest BCUT2D eigenvalue weighted by atomic mass is 14.9. The molecule has 432 valence electrons. The van der Waals surface area contributed by atoms with Gasteiger partial charge < -0.3 is 0 Å². The Morgan fingerprint density at radius 2 is 0.511 bits per heavy atom. The number of nitrogens with zero attached hydrogens (tertiary/aromatic N) is 6. The maximum Gasteiger partial charge on any atom is 0.160 e. The lowest BCUT2D eigenvalue weighted by molar-refractivity contribution is 1.18. The summed E-state index contributed by atoms with van der Waals surface area (Å²) in [4.78, 5) is 29.0. The molecule has 12 aromatic carbocycles. The Kier molecular flexibility index (Phi) is 15.7. The van der Waals surface area contributed by atoms with Crippen LogP contribution in [-0.2, 0) is 0 Å². The Labute approximate surface area is 535 Å². The molecule has 0 unspecified atom stereocenters. The maximum atomic E-state index is 5.12. The molecular weight excluding hydrogens is 1120 g/mol. The summed E-state index contributed by atoms with van der Waals surface area (Å²) in [7, 11) is 0. The first-order valence-corrected chi connectivity index (χ1v) is 30.9. The number of pyridine rings is 2. The van der Waals surface area contributed by atoms with Crippen molar-refractivity contribution in [3.05, 3.63) is 352 Å². The number of hydrogen-bond donors (Lipinski definition) is 0. The van der Waals surface area contributed by atoms with Gasteiger partial charge in [0, 0.05) is 63.7 Å². The molecule has 0 bridgehead atoms. The van der Waals surface area contributed by atoms with Gasteiger partial charge in [0.15, 0.2) is 11.6 Å². The summed E-state index contributed by atoms with van der Waals surface area (Å²) >= 11 is 0. The standard InChI is InChI=1S/2C43H29N3/c1-2-8-30(9-3-1)31-15-21-35(22-16-31)41-28-42(36-23-17-32(18-24-36)38-12-7-27-44-29-38)46-43(45-41)37-25-19-34(20-26-37)40-14-6-11-33-10-4-5-13-39(33)40;1-2-8-30(9-3-1)32-15-20-34(21-16-32)41-28-42(39-13-6-12-37(27-39)40-14-7-25-44-29-40)46-43(45-41)35-22-17-33(18-23-35)38-24-19-31-10-4-5-11-36(31)26-38/h2*1-29H. The van der Waals surface area contributed by atoms with E-state index in [9.17, 15) is 0 Å². The second-order valence-corrected chi connectivity index (χ2v) is 22.7. The molecule has 92 heavy (non-hydrogen) atoms. The van der Waals surface area contributed by atoms with Crippen molar-refractivity contribution in [3.8, 4) is 135 Å². The van der Waals surface area contributed by atoms with Crippen LogP contribution < -0.4 is 0 Å². The fraction of sp³-hybridized carbons (Fsp3) is 0. The Morgan fingerprint density at radius 3 is 1.03 bits per heavy atom. The number of rotatable bonds is 12. The van der Waals surface area contributed by atoms with Crippen LogP contribution in [0.2, 0.25) is 0 Å². The topological polar surface area (TPSA) is 77.3 Å². The number of hydrogen-bond acceptors (Lipinski definition) is 6. The van der Waals surface area contributed by atoms with E-state index in [0.29, 0.717) is 11.6 Å². The van der Waals surface area contributed by atoms with Crippen LogP contribution in [0.5, 0.6) is 0 Å². The summed E-state index contributed by atoms with van der Waals surface area (Å²) in [5.74, 6) is 1.39. The van der Waals surface area contributed by atoms with E-state index in [1.165, 1.54) is 60.5 Å². The van der Waals surface area contributed by atoms with E-state index in [0.717, 1.165) is 84.0 Å². The fourth-order valence-electron chi connectivity index (χ4n) is 11.9. The van der Waals surface area contributed by atoms with Crippen LogP contribution in [0.4, 0.5) is 0 Å². The second kappa shape index (κ2) is 25.8. The molecule has 0 aliphatic rings. The number of benzene rings is 12. The highest BCUT2D eigenvalue weighted by molar-refractivity contribution is 5.97. The summed E-state index contributed by atoms with van der Waals surface area (Å²) in [6, 6.07) is 115. The van der Waals surface area contributed by atoms with Crippen molar-refractivity contribution in [1.29, 1.82) is 0 Å². The van der Waals surface area contributed by atoms with Crippen molar-refractivity contribution >= 4 is 21.5 Å². The fourth-order valence-corrected chi connectivity index (χ4v) is 11.9. The van der Waals surface area contributed by atoms with Gasteiger partial charge in [-0.15, -0.1) is 0 Å². The lowest BCUT2D eigenvalue weighted by Crippen LogP contribution is -1.96. The zero-order valence-corrected chi connectivity index (χ0v) is 50.2. The minimum Gasteiger partial charge on any atom is -0.264 e. The number of aromatic nitrogens is 6. The normalized spacial score (nSPS) is 11.0. The first kappa shape index (κ1) is 56.2. The molecule has 0 fully saturated rings. The maximum absolute atomic E-state index is 5.12. The Balaban J connectivity index is 0.000000153. The average molecular weight is 1180 g/mol. The Bertz CT molecular complexity index is 5090. The molecule has 0 saturated carbocycles. The molecule has 0 spiro atoms. The SMILES string of the molecule is c1ccc(-c2ccc(-c3cc(-c4ccc(-c5cccnc5)cc4)nc(-c4ccc(-c5cccc6ccccc56)cc4)n3)cc2)cc1.c1ccc(-c2ccc(-c3cc(-c4cccc(-c5cccnc5)c4)nc(-c4ccc(-c5ccc6ccccc6c5)cc4)n3)cc2)cc1. The van der Waals surface area contributed by atoms with Crippen molar-refractivity contribution in [2.75, 3.05) is 0 Å². The summed E-state index contributed by atoms with van der Waals surface area (Å²) in [5, 5.41) is 4.95. The van der Waals surface area contributed by atoms with Crippen LogP contribution in [0, 0.1) is 0 Å². The third-order valence-corrected chi connectivity index (χ3v) is 16.8. The monoisotopic (exact) mass is 1170 g/mol. The molecule has 0 N–H and O–H groups in total.